The van der Waals surface area contributed by atoms with Gasteiger partial charge in [0.05, 0.1) is 5.56 Å². The first-order chi connectivity index (χ1) is 16.4. The van der Waals surface area contributed by atoms with E-state index >= 15 is 0 Å². The molecule has 0 aliphatic heterocycles. The molecule has 0 saturated heterocycles. The van der Waals surface area contributed by atoms with Gasteiger partial charge in [-0.05, 0) is 96.7 Å². The second-order valence-electron chi connectivity index (χ2n) is 9.75. The van der Waals surface area contributed by atoms with Crippen LogP contribution in [0.3, 0.4) is 0 Å². The first-order valence-corrected chi connectivity index (χ1v) is 12.1. The third-order valence-electron chi connectivity index (χ3n) is 7.71. The van der Waals surface area contributed by atoms with Crippen LogP contribution in [-0.2, 0) is 13.0 Å². The molecule has 1 atom stereocenters. The fraction of sp³-hybridized carbons (Fsp3) is 0.333. The number of hydrogen-bond acceptors (Lipinski definition) is 3. The lowest BCUT2D eigenvalue weighted by molar-refractivity contribution is 0.0696. The molecular formula is C30H30O4. The highest BCUT2D eigenvalue weighted by Crippen LogP contribution is 2.43. The number of fused-ring (bicyclic) bond motifs is 1. The number of carbonyl (C=O) groups is 2. The van der Waals surface area contributed by atoms with Crippen molar-refractivity contribution in [2.45, 2.75) is 52.6 Å². The van der Waals surface area contributed by atoms with Crippen LogP contribution in [0.25, 0.3) is 11.1 Å². The lowest BCUT2D eigenvalue weighted by Crippen LogP contribution is -2.18. The zero-order valence-electron chi connectivity index (χ0n) is 19.8. The molecule has 2 aliphatic carbocycles. The largest absolute Gasteiger partial charge is 0.489 e. The van der Waals surface area contributed by atoms with E-state index in [0.29, 0.717) is 18.3 Å². The quantitative estimate of drug-likeness (QED) is 0.445. The van der Waals surface area contributed by atoms with Crippen molar-refractivity contribution in [2.24, 2.45) is 11.8 Å². The number of rotatable bonds is 6. The predicted molar refractivity (Wildman–Crippen MR) is 133 cm³/mol. The Balaban J connectivity index is 1.34. The lowest BCUT2D eigenvalue weighted by atomic mass is 9.87. The first-order valence-electron chi connectivity index (χ1n) is 12.1. The number of ether oxygens (including phenoxy) is 1. The standard InChI is InChI=1S/C30H30O4/c1-18-19(2)28-25(15-26(29(28)31)22-7-3-4-8-22)16-27(18)34-17-20-6-5-9-24(14-20)21-10-12-23(13-11-21)30(32)33/h5-6,9-14,16,22,26H,3-4,7-8,15,17H2,1-2H3,(H,32,33)/t26-/m0/s1. The maximum Gasteiger partial charge on any atom is 0.335 e. The average Bonchev–Trinajstić information content (AvgIpc) is 3.49. The number of Topliss-reactive ketones (excluding diaryl/α,β-unsaturated/α-hetero) is 1. The van der Waals surface area contributed by atoms with E-state index in [4.69, 9.17) is 9.84 Å². The van der Waals surface area contributed by atoms with Crippen LogP contribution in [0.15, 0.2) is 54.6 Å². The Bertz CT molecular complexity index is 1250. The van der Waals surface area contributed by atoms with Crippen LogP contribution in [0.4, 0.5) is 0 Å². The molecule has 0 aromatic heterocycles. The second kappa shape index (κ2) is 9.09. The molecular weight excluding hydrogens is 424 g/mol. The van der Waals surface area contributed by atoms with Gasteiger partial charge in [-0.1, -0.05) is 43.2 Å². The van der Waals surface area contributed by atoms with Gasteiger partial charge in [-0.25, -0.2) is 4.79 Å². The van der Waals surface area contributed by atoms with Crippen LogP contribution < -0.4 is 4.74 Å². The summed E-state index contributed by atoms with van der Waals surface area (Å²) >= 11 is 0. The van der Waals surface area contributed by atoms with Crippen LogP contribution in [-0.4, -0.2) is 16.9 Å². The molecule has 5 rings (SSSR count). The zero-order valence-corrected chi connectivity index (χ0v) is 19.8. The molecule has 0 heterocycles. The minimum Gasteiger partial charge on any atom is -0.489 e. The minimum absolute atomic E-state index is 0.148. The van der Waals surface area contributed by atoms with Crippen LogP contribution >= 0.6 is 0 Å². The van der Waals surface area contributed by atoms with Crippen molar-refractivity contribution in [3.63, 3.8) is 0 Å². The summed E-state index contributed by atoms with van der Waals surface area (Å²) in [5.74, 6) is 0.958. The van der Waals surface area contributed by atoms with Gasteiger partial charge in [0.2, 0.25) is 0 Å². The molecule has 4 heteroatoms. The van der Waals surface area contributed by atoms with Crippen LogP contribution in [0, 0.1) is 25.7 Å². The van der Waals surface area contributed by atoms with Crippen molar-refractivity contribution in [2.75, 3.05) is 0 Å². The Morgan fingerprint density at radius 1 is 0.971 bits per heavy atom. The average molecular weight is 455 g/mol. The highest BCUT2D eigenvalue weighted by atomic mass is 16.5. The van der Waals surface area contributed by atoms with Gasteiger partial charge < -0.3 is 9.84 Å². The number of hydrogen-bond donors (Lipinski definition) is 1. The van der Waals surface area contributed by atoms with Gasteiger partial charge in [0.25, 0.3) is 0 Å². The van der Waals surface area contributed by atoms with Gasteiger partial charge in [-0.2, -0.15) is 0 Å². The highest BCUT2D eigenvalue weighted by molar-refractivity contribution is 6.04. The van der Waals surface area contributed by atoms with E-state index in [1.165, 1.54) is 25.7 Å². The molecule has 1 saturated carbocycles. The molecule has 4 nitrogen and oxygen atoms in total. The Labute approximate surface area is 200 Å². The molecule has 1 N–H and O–H groups in total. The fourth-order valence-electron chi connectivity index (χ4n) is 5.67. The predicted octanol–water partition coefficient (Wildman–Crippen LogP) is 6.79. The molecule has 34 heavy (non-hydrogen) atoms. The first kappa shape index (κ1) is 22.4. The smallest absolute Gasteiger partial charge is 0.335 e. The Hall–Kier alpha value is -3.40. The lowest BCUT2D eigenvalue weighted by Gasteiger charge is -2.16. The van der Waals surface area contributed by atoms with E-state index in [9.17, 15) is 9.59 Å². The summed E-state index contributed by atoms with van der Waals surface area (Å²) in [6, 6.07) is 17.1. The van der Waals surface area contributed by atoms with Crippen LogP contribution in [0.1, 0.15) is 68.7 Å². The minimum atomic E-state index is -0.926. The second-order valence-corrected chi connectivity index (χ2v) is 9.75. The number of carbonyl (C=O) groups excluding carboxylic acids is 1. The van der Waals surface area contributed by atoms with Crippen molar-refractivity contribution in [3.05, 3.63) is 88.0 Å². The van der Waals surface area contributed by atoms with Gasteiger partial charge >= 0.3 is 5.97 Å². The van der Waals surface area contributed by atoms with E-state index in [-0.39, 0.29) is 11.5 Å². The van der Waals surface area contributed by atoms with Crippen molar-refractivity contribution < 1.29 is 19.4 Å². The van der Waals surface area contributed by atoms with Gasteiger partial charge in [-0.15, -0.1) is 0 Å². The summed E-state index contributed by atoms with van der Waals surface area (Å²) in [6.45, 7) is 4.53. The van der Waals surface area contributed by atoms with Gasteiger partial charge in [0, 0.05) is 11.5 Å². The maximum atomic E-state index is 13.2. The number of benzene rings is 3. The molecule has 2 aliphatic rings. The molecule has 3 aromatic carbocycles. The number of ketones is 1. The van der Waals surface area contributed by atoms with Crippen molar-refractivity contribution >= 4 is 11.8 Å². The van der Waals surface area contributed by atoms with Crippen molar-refractivity contribution in [1.82, 2.24) is 0 Å². The van der Waals surface area contributed by atoms with Gasteiger partial charge in [0.1, 0.15) is 12.4 Å². The molecule has 1 fully saturated rings. The van der Waals surface area contributed by atoms with Gasteiger partial charge in [0.15, 0.2) is 5.78 Å². The summed E-state index contributed by atoms with van der Waals surface area (Å²) in [5.41, 5.74) is 7.49. The number of aromatic carboxylic acids is 1. The SMILES string of the molecule is Cc1c(OCc2cccc(-c3ccc(C(=O)O)cc3)c2)cc2c(c1C)C(=O)[C@H](C1CCCC1)C2. The van der Waals surface area contributed by atoms with E-state index in [1.807, 2.05) is 37.3 Å². The third-order valence-corrected chi connectivity index (χ3v) is 7.71. The van der Waals surface area contributed by atoms with Crippen LogP contribution in [0.2, 0.25) is 0 Å². The topological polar surface area (TPSA) is 63.6 Å². The zero-order chi connectivity index (χ0) is 23.8. The summed E-state index contributed by atoms with van der Waals surface area (Å²) in [5, 5.41) is 9.12. The van der Waals surface area contributed by atoms with Crippen molar-refractivity contribution in [1.29, 1.82) is 0 Å². The molecule has 0 amide bonds. The third kappa shape index (κ3) is 4.13. The Kier molecular flexibility index (Phi) is 5.99. The van der Waals surface area contributed by atoms with Crippen LogP contribution in [0.5, 0.6) is 5.75 Å². The normalized spacial score (nSPS) is 17.7. The summed E-state index contributed by atoms with van der Waals surface area (Å²) in [6.07, 6.45) is 5.71. The summed E-state index contributed by atoms with van der Waals surface area (Å²) in [4.78, 5) is 24.3. The highest BCUT2D eigenvalue weighted by Gasteiger charge is 2.39. The number of carboxylic acids is 1. The van der Waals surface area contributed by atoms with E-state index in [1.54, 1.807) is 12.1 Å². The monoisotopic (exact) mass is 454 g/mol. The van der Waals surface area contributed by atoms with Crippen molar-refractivity contribution in [3.8, 4) is 16.9 Å². The molecule has 0 radical (unpaired) electrons. The molecule has 0 unspecified atom stereocenters. The molecule has 174 valence electrons. The molecule has 3 aromatic rings. The molecule has 0 bridgehead atoms. The van der Waals surface area contributed by atoms with Gasteiger partial charge in [-0.3, -0.25) is 4.79 Å². The fourth-order valence-corrected chi connectivity index (χ4v) is 5.67. The maximum absolute atomic E-state index is 13.2. The molecule has 0 spiro atoms. The summed E-state index contributed by atoms with van der Waals surface area (Å²) < 4.78 is 6.28. The Morgan fingerprint density at radius 2 is 1.71 bits per heavy atom. The van der Waals surface area contributed by atoms with E-state index in [0.717, 1.165) is 51.1 Å². The number of carboxylic acid groups (broad SMARTS) is 1. The summed E-state index contributed by atoms with van der Waals surface area (Å²) in [7, 11) is 0. The van der Waals surface area contributed by atoms with E-state index < -0.39 is 5.97 Å². The Morgan fingerprint density at radius 3 is 2.41 bits per heavy atom. The van der Waals surface area contributed by atoms with E-state index in [2.05, 4.69) is 19.1 Å².